The number of piperazine rings is 1. The highest BCUT2D eigenvalue weighted by molar-refractivity contribution is 5.74. The molecule has 5 heteroatoms. The second-order valence-corrected chi connectivity index (χ2v) is 4.15. The SMILES string of the molecule is CN1CCN(NC(=O)NC2CC2)CC1. The number of likely N-dealkylation sites (N-methyl/N-ethyl adjacent to an activating group) is 1. The zero-order valence-electron chi connectivity index (χ0n) is 8.62. The molecule has 0 radical (unpaired) electrons. The van der Waals surface area contributed by atoms with Gasteiger partial charge in [-0.3, -0.25) is 5.43 Å². The van der Waals surface area contributed by atoms with Crippen molar-refractivity contribution in [3.8, 4) is 0 Å². The first-order chi connectivity index (χ1) is 6.74. The molecule has 1 heterocycles. The fourth-order valence-electron chi connectivity index (χ4n) is 1.51. The first-order valence-corrected chi connectivity index (χ1v) is 5.25. The van der Waals surface area contributed by atoms with E-state index in [9.17, 15) is 4.79 Å². The Labute approximate surface area is 84.4 Å². The van der Waals surface area contributed by atoms with Gasteiger partial charge in [0.1, 0.15) is 0 Å². The Morgan fingerprint density at radius 1 is 1.21 bits per heavy atom. The molecule has 2 aliphatic rings. The Hall–Kier alpha value is -0.810. The zero-order chi connectivity index (χ0) is 9.97. The topological polar surface area (TPSA) is 47.6 Å². The largest absolute Gasteiger partial charge is 0.334 e. The minimum atomic E-state index is -0.0444. The van der Waals surface area contributed by atoms with Crippen LogP contribution in [0.15, 0.2) is 0 Å². The molecule has 2 rings (SSSR count). The minimum Gasteiger partial charge on any atom is -0.334 e. The van der Waals surface area contributed by atoms with Crippen molar-refractivity contribution in [3.63, 3.8) is 0 Å². The van der Waals surface area contributed by atoms with Gasteiger partial charge in [-0.1, -0.05) is 0 Å². The Balaban J connectivity index is 1.66. The number of hydrogen-bond acceptors (Lipinski definition) is 3. The van der Waals surface area contributed by atoms with Crippen LogP contribution in [0, 0.1) is 0 Å². The second kappa shape index (κ2) is 4.14. The lowest BCUT2D eigenvalue weighted by molar-refractivity contribution is 0.112. The van der Waals surface area contributed by atoms with Crippen molar-refractivity contribution in [2.75, 3.05) is 33.2 Å². The van der Waals surface area contributed by atoms with E-state index in [4.69, 9.17) is 0 Å². The first-order valence-electron chi connectivity index (χ1n) is 5.25. The molecule has 2 N–H and O–H groups in total. The van der Waals surface area contributed by atoms with E-state index in [1.54, 1.807) is 0 Å². The third kappa shape index (κ3) is 2.85. The summed E-state index contributed by atoms with van der Waals surface area (Å²) in [5, 5.41) is 4.89. The number of carbonyl (C=O) groups excluding carboxylic acids is 1. The summed E-state index contributed by atoms with van der Waals surface area (Å²) in [7, 11) is 2.10. The number of nitrogens with one attached hydrogen (secondary N) is 2. The maximum absolute atomic E-state index is 11.4. The van der Waals surface area contributed by atoms with Crippen molar-refractivity contribution in [2.45, 2.75) is 18.9 Å². The number of amides is 2. The fraction of sp³-hybridized carbons (Fsp3) is 0.889. The van der Waals surface area contributed by atoms with Gasteiger partial charge in [0.15, 0.2) is 0 Å². The highest BCUT2D eigenvalue weighted by Crippen LogP contribution is 2.18. The van der Waals surface area contributed by atoms with Crippen LogP contribution in [-0.4, -0.2) is 55.2 Å². The van der Waals surface area contributed by atoms with Crippen molar-refractivity contribution in [1.29, 1.82) is 0 Å². The van der Waals surface area contributed by atoms with E-state index >= 15 is 0 Å². The summed E-state index contributed by atoms with van der Waals surface area (Å²) in [5.41, 5.74) is 2.87. The molecule has 5 nitrogen and oxygen atoms in total. The summed E-state index contributed by atoms with van der Waals surface area (Å²) in [6, 6.07) is 0.388. The number of rotatable bonds is 2. The smallest absolute Gasteiger partial charge is 0.329 e. The Morgan fingerprint density at radius 2 is 1.86 bits per heavy atom. The summed E-state index contributed by atoms with van der Waals surface area (Å²) in [6.07, 6.45) is 2.27. The van der Waals surface area contributed by atoms with E-state index in [-0.39, 0.29) is 6.03 Å². The monoisotopic (exact) mass is 198 g/mol. The van der Waals surface area contributed by atoms with Crippen LogP contribution < -0.4 is 10.7 Å². The van der Waals surface area contributed by atoms with Gasteiger partial charge in [-0.2, -0.15) is 0 Å². The normalized spacial score (nSPS) is 24.6. The van der Waals surface area contributed by atoms with Crippen molar-refractivity contribution in [1.82, 2.24) is 20.7 Å². The predicted molar refractivity (Wildman–Crippen MR) is 53.8 cm³/mol. The van der Waals surface area contributed by atoms with Crippen LogP contribution in [0.4, 0.5) is 4.79 Å². The Bertz CT molecular complexity index is 209. The van der Waals surface area contributed by atoms with Gasteiger partial charge in [0.05, 0.1) is 0 Å². The fourth-order valence-corrected chi connectivity index (χ4v) is 1.51. The molecule has 14 heavy (non-hydrogen) atoms. The van der Waals surface area contributed by atoms with Gasteiger partial charge in [0.25, 0.3) is 0 Å². The third-order valence-electron chi connectivity index (χ3n) is 2.68. The molecule has 0 aromatic rings. The van der Waals surface area contributed by atoms with E-state index < -0.39 is 0 Å². The van der Waals surface area contributed by atoms with Gasteiger partial charge in [-0.05, 0) is 19.9 Å². The number of nitrogens with zero attached hydrogens (tertiary/aromatic N) is 2. The van der Waals surface area contributed by atoms with Crippen LogP contribution in [0.5, 0.6) is 0 Å². The van der Waals surface area contributed by atoms with E-state index in [2.05, 4.69) is 22.7 Å². The lowest BCUT2D eigenvalue weighted by Gasteiger charge is -2.32. The van der Waals surface area contributed by atoms with Crippen molar-refractivity contribution >= 4 is 6.03 Å². The quantitative estimate of drug-likeness (QED) is 0.635. The van der Waals surface area contributed by atoms with Crippen LogP contribution in [0.2, 0.25) is 0 Å². The van der Waals surface area contributed by atoms with Gasteiger partial charge < -0.3 is 10.2 Å². The molecule has 0 unspecified atom stereocenters. The van der Waals surface area contributed by atoms with Crippen LogP contribution in [0.1, 0.15) is 12.8 Å². The van der Waals surface area contributed by atoms with E-state index in [0.29, 0.717) is 6.04 Å². The molecule has 1 saturated carbocycles. The van der Waals surface area contributed by atoms with Gasteiger partial charge in [-0.15, -0.1) is 0 Å². The van der Waals surface area contributed by atoms with E-state index in [1.807, 2.05) is 5.01 Å². The lowest BCUT2D eigenvalue weighted by atomic mass is 10.4. The molecule has 2 fully saturated rings. The highest BCUT2D eigenvalue weighted by atomic mass is 16.2. The van der Waals surface area contributed by atoms with Gasteiger partial charge in [0, 0.05) is 32.2 Å². The molecule has 0 atom stereocenters. The number of carbonyl (C=O) groups is 1. The molecular formula is C9H18N4O. The van der Waals surface area contributed by atoms with Gasteiger partial charge in [-0.25, -0.2) is 9.80 Å². The molecular weight excluding hydrogens is 180 g/mol. The lowest BCUT2D eigenvalue weighted by Crippen LogP contribution is -2.55. The van der Waals surface area contributed by atoms with E-state index in [0.717, 1.165) is 39.0 Å². The molecule has 2 amide bonds. The Morgan fingerprint density at radius 3 is 2.43 bits per heavy atom. The predicted octanol–water partition coefficient (Wildman–Crippen LogP) is -0.390. The van der Waals surface area contributed by atoms with Crippen molar-refractivity contribution in [3.05, 3.63) is 0 Å². The highest BCUT2D eigenvalue weighted by Gasteiger charge is 2.24. The summed E-state index contributed by atoms with van der Waals surface area (Å²) in [6.45, 7) is 3.86. The second-order valence-electron chi connectivity index (χ2n) is 4.15. The maximum Gasteiger partial charge on any atom is 0.329 e. The average Bonchev–Trinajstić information content (AvgIpc) is 2.93. The van der Waals surface area contributed by atoms with Crippen LogP contribution in [-0.2, 0) is 0 Å². The number of hydrogen-bond donors (Lipinski definition) is 2. The molecule has 1 saturated heterocycles. The summed E-state index contributed by atoms with van der Waals surface area (Å²) >= 11 is 0. The molecule has 0 aromatic carbocycles. The summed E-state index contributed by atoms with van der Waals surface area (Å²) < 4.78 is 0. The molecule has 1 aliphatic heterocycles. The molecule has 0 bridgehead atoms. The molecule has 80 valence electrons. The zero-order valence-corrected chi connectivity index (χ0v) is 8.62. The van der Waals surface area contributed by atoms with Crippen LogP contribution >= 0.6 is 0 Å². The third-order valence-corrected chi connectivity index (χ3v) is 2.68. The number of urea groups is 1. The standard InChI is InChI=1S/C9H18N4O/c1-12-4-6-13(7-5-12)11-9(14)10-8-2-3-8/h8H,2-7H2,1H3,(H2,10,11,14). The van der Waals surface area contributed by atoms with E-state index in [1.165, 1.54) is 0 Å². The first kappa shape index (κ1) is 9.73. The minimum absolute atomic E-state index is 0.0444. The van der Waals surface area contributed by atoms with Crippen LogP contribution in [0.3, 0.4) is 0 Å². The molecule has 0 spiro atoms. The van der Waals surface area contributed by atoms with Crippen LogP contribution in [0.25, 0.3) is 0 Å². The summed E-state index contributed by atoms with van der Waals surface area (Å²) in [5.74, 6) is 0. The van der Waals surface area contributed by atoms with Gasteiger partial charge in [0.2, 0.25) is 0 Å². The summed E-state index contributed by atoms with van der Waals surface area (Å²) in [4.78, 5) is 13.6. The molecule has 1 aliphatic carbocycles. The number of hydrazine groups is 1. The average molecular weight is 198 g/mol. The van der Waals surface area contributed by atoms with Gasteiger partial charge >= 0.3 is 6.03 Å². The maximum atomic E-state index is 11.4. The Kier molecular flexibility index (Phi) is 2.88. The van der Waals surface area contributed by atoms with Crippen molar-refractivity contribution < 1.29 is 4.79 Å². The molecule has 0 aromatic heterocycles. The van der Waals surface area contributed by atoms with Crippen molar-refractivity contribution in [2.24, 2.45) is 0 Å².